The number of rotatable bonds is 7. The Hall–Kier alpha value is -3.61. The van der Waals surface area contributed by atoms with Crippen LogP contribution in [-0.2, 0) is 0 Å². The van der Waals surface area contributed by atoms with Crippen LogP contribution < -0.4 is 20.1 Å². The lowest BCUT2D eigenvalue weighted by Crippen LogP contribution is -2.14. The van der Waals surface area contributed by atoms with E-state index in [0.717, 1.165) is 17.2 Å². The molecule has 1 aromatic heterocycles. The van der Waals surface area contributed by atoms with Crippen LogP contribution in [0.15, 0.2) is 60.9 Å². The first-order chi connectivity index (χ1) is 13.5. The third-order valence-corrected chi connectivity index (χ3v) is 3.71. The lowest BCUT2D eigenvalue weighted by molar-refractivity contribution is 0.102. The van der Waals surface area contributed by atoms with Crippen LogP contribution in [0.4, 0.5) is 17.2 Å². The molecule has 0 atom stereocenters. The molecule has 0 aliphatic rings. The average molecular weight is 378 g/mol. The van der Waals surface area contributed by atoms with E-state index in [1.807, 2.05) is 50.2 Å². The maximum Gasteiger partial charge on any atom is 0.275 e. The molecule has 0 bridgehead atoms. The minimum Gasteiger partial charge on any atom is -0.497 e. The SMILES string of the molecule is COc1cccc(Nc2cnc(C(=O)Nc3ccc(OC(C)C)cc3)cn2)c1. The summed E-state index contributed by atoms with van der Waals surface area (Å²) in [6.45, 7) is 3.92. The molecule has 0 aliphatic carbocycles. The standard InChI is InChI=1S/C21H22N4O3/c1-14(2)28-17-9-7-15(8-10-17)25-21(26)19-12-23-20(13-22-19)24-16-5-4-6-18(11-16)27-3/h4-14H,1-3H3,(H,23,24)(H,25,26). The topological polar surface area (TPSA) is 85.4 Å². The molecule has 3 rings (SSSR count). The molecule has 144 valence electrons. The van der Waals surface area contributed by atoms with Gasteiger partial charge in [0.1, 0.15) is 23.0 Å². The van der Waals surface area contributed by atoms with E-state index in [1.54, 1.807) is 19.2 Å². The van der Waals surface area contributed by atoms with Crippen molar-refractivity contribution in [3.63, 3.8) is 0 Å². The van der Waals surface area contributed by atoms with Gasteiger partial charge in [-0.1, -0.05) is 6.07 Å². The second-order valence-corrected chi connectivity index (χ2v) is 6.29. The molecule has 0 radical (unpaired) electrons. The van der Waals surface area contributed by atoms with E-state index in [9.17, 15) is 4.79 Å². The summed E-state index contributed by atoms with van der Waals surface area (Å²) >= 11 is 0. The number of ether oxygens (including phenoxy) is 2. The summed E-state index contributed by atoms with van der Waals surface area (Å²) in [4.78, 5) is 20.8. The zero-order chi connectivity index (χ0) is 19.9. The fourth-order valence-electron chi connectivity index (χ4n) is 2.44. The van der Waals surface area contributed by atoms with E-state index in [1.165, 1.54) is 12.4 Å². The van der Waals surface area contributed by atoms with Crippen molar-refractivity contribution in [3.05, 3.63) is 66.6 Å². The van der Waals surface area contributed by atoms with Gasteiger partial charge in [-0.3, -0.25) is 4.79 Å². The summed E-state index contributed by atoms with van der Waals surface area (Å²) in [6, 6.07) is 14.6. The molecule has 0 fully saturated rings. The Morgan fingerprint density at radius 2 is 1.75 bits per heavy atom. The minimum absolute atomic E-state index is 0.0970. The fraction of sp³-hybridized carbons (Fsp3) is 0.190. The van der Waals surface area contributed by atoms with Crippen LogP contribution in [0.5, 0.6) is 11.5 Å². The van der Waals surface area contributed by atoms with Gasteiger partial charge >= 0.3 is 0 Å². The van der Waals surface area contributed by atoms with Gasteiger partial charge in [0.15, 0.2) is 0 Å². The Balaban J connectivity index is 1.61. The lowest BCUT2D eigenvalue weighted by atomic mass is 10.3. The number of hydrogen-bond donors (Lipinski definition) is 2. The number of hydrogen-bond acceptors (Lipinski definition) is 6. The molecule has 28 heavy (non-hydrogen) atoms. The van der Waals surface area contributed by atoms with Crippen LogP contribution in [0.2, 0.25) is 0 Å². The molecule has 0 spiro atoms. The summed E-state index contributed by atoms with van der Waals surface area (Å²) in [7, 11) is 1.61. The zero-order valence-electron chi connectivity index (χ0n) is 16.0. The Morgan fingerprint density at radius 3 is 2.39 bits per heavy atom. The van der Waals surface area contributed by atoms with E-state index in [0.29, 0.717) is 11.5 Å². The molecule has 7 nitrogen and oxygen atoms in total. The van der Waals surface area contributed by atoms with E-state index >= 15 is 0 Å². The minimum atomic E-state index is -0.335. The third-order valence-electron chi connectivity index (χ3n) is 3.71. The number of aromatic nitrogens is 2. The largest absolute Gasteiger partial charge is 0.497 e. The molecular formula is C21H22N4O3. The molecule has 0 saturated carbocycles. The molecule has 1 heterocycles. The molecule has 0 saturated heterocycles. The van der Waals surface area contributed by atoms with Crippen LogP contribution in [0.3, 0.4) is 0 Å². The van der Waals surface area contributed by atoms with E-state index in [2.05, 4.69) is 20.6 Å². The number of anilines is 3. The van der Waals surface area contributed by atoms with E-state index < -0.39 is 0 Å². The molecule has 3 aromatic rings. The van der Waals surface area contributed by atoms with Crippen LogP contribution in [0.25, 0.3) is 0 Å². The molecular weight excluding hydrogens is 356 g/mol. The smallest absolute Gasteiger partial charge is 0.275 e. The quantitative estimate of drug-likeness (QED) is 0.639. The summed E-state index contributed by atoms with van der Waals surface area (Å²) in [6.07, 6.45) is 3.03. The van der Waals surface area contributed by atoms with Crippen molar-refractivity contribution in [2.45, 2.75) is 20.0 Å². The molecule has 1 amide bonds. The summed E-state index contributed by atoms with van der Waals surface area (Å²) in [5.74, 6) is 1.68. The number of nitrogens with one attached hydrogen (secondary N) is 2. The highest BCUT2D eigenvalue weighted by Crippen LogP contribution is 2.20. The summed E-state index contributed by atoms with van der Waals surface area (Å²) in [5, 5.41) is 5.91. The molecule has 0 aliphatic heterocycles. The van der Waals surface area contributed by atoms with Crippen molar-refractivity contribution < 1.29 is 14.3 Å². The maximum atomic E-state index is 12.3. The van der Waals surface area contributed by atoms with Crippen molar-refractivity contribution in [2.24, 2.45) is 0 Å². The van der Waals surface area contributed by atoms with Crippen molar-refractivity contribution in [1.29, 1.82) is 0 Å². The normalized spacial score (nSPS) is 10.4. The predicted molar refractivity (Wildman–Crippen MR) is 108 cm³/mol. The Labute approximate surface area is 163 Å². The first kappa shape index (κ1) is 19.2. The van der Waals surface area contributed by atoms with Gasteiger partial charge in [-0.2, -0.15) is 0 Å². The van der Waals surface area contributed by atoms with Gasteiger partial charge in [0.25, 0.3) is 5.91 Å². The fourth-order valence-corrected chi connectivity index (χ4v) is 2.44. The Bertz CT molecular complexity index is 925. The zero-order valence-corrected chi connectivity index (χ0v) is 16.0. The molecule has 7 heteroatoms. The lowest BCUT2D eigenvalue weighted by Gasteiger charge is -2.10. The van der Waals surface area contributed by atoms with Crippen molar-refractivity contribution in [1.82, 2.24) is 9.97 Å². The second kappa shape index (κ2) is 8.85. The number of amides is 1. The van der Waals surface area contributed by atoms with Gasteiger partial charge in [0.2, 0.25) is 0 Å². The van der Waals surface area contributed by atoms with Crippen LogP contribution >= 0.6 is 0 Å². The maximum absolute atomic E-state index is 12.3. The predicted octanol–water partition coefficient (Wildman–Crippen LogP) is 4.27. The molecule has 2 N–H and O–H groups in total. The number of nitrogens with zero attached hydrogens (tertiary/aromatic N) is 2. The highest BCUT2D eigenvalue weighted by molar-refractivity contribution is 6.02. The van der Waals surface area contributed by atoms with Crippen molar-refractivity contribution >= 4 is 23.1 Å². The first-order valence-electron chi connectivity index (χ1n) is 8.84. The highest BCUT2D eigenvalue weighted by atomic mass is 16.5. The van der Waals surface area contributed by atoms with Crippen LogP contribution in [-0.4, -0.2) is 29.1 Å². The molecule has 0 unspecified atom stereocenters. The van der Waals surface area contributed by atoms with Crippen LogP contribution in [0.1, 0.15) is 24.3 Å². The Morgan fingerprint density at radius 1 is 0.964 bits per heavy atom. The first-order valence-corrected chi connectivity index (χ1v) is 8.84. The van der Waals surface area contributed by atoms with Crippen LogP contribution in [0, 0.1) is 0 Å². The van der Waals surface area contributed by atoms with Gasteiger partial charge in [-0.15, -0.1) is 0 Å². The number of carbonyl (C=O) groups is 1. The second-order valence-electron chi connectivity index (χ2n) is 6.29. The van der Waals surface area contributed by atoms with Gasteiger partial charge in [-0.25, -0.2) is 9.97 Å². The van der Waals surface area contributed by atoms with E-state index in [4.69, 9.17) is 9.47 Å². The van der Waals surface area contributed by atoms with Gasteiger partial charge in [0.05, 0.1) is 25.6 Å². The number of benzene rings is 2. The number of carbonyl (C=O) groups excluding carboxylic acids is 1. The summed E-state index contributed by atoms with van der Waals surface area (Å²) in [5.41, 5.74) is 1.69. The number of methoxy groups -OCH3 is 1. The average Bonchev–Trinajstić information content (AvgIpc) is 2.70. The monoisotopic (exact) mass is 378 g/mol. The van der Waals surface area contributed by atoms with Gasteiger partial charge < -0.3 is 20.1 Å². The van der Waals surface area contributed by atoms with Crippen molar-refractivity contribution in [3.8, 4) is 11.5 Å². The highest BCUT2D eigenvalue weighted by Gasteiger charge is 2.09. The van der Waals surface area contributed by atoms with Gasteiger partial charge in [-0.05, 0) is 50.2 Å². The van der Waals surface area contributed by atoms with Gasteiger partial charge in [0, 0.05) is 17.4 Å². The third kappa shape index (κ3) is 5.20. The van der Waals surface area contributed by atoms with E-state index in [-0.39, 0.29) is 17.7 Å². The molecule has 2 aromatic carbocycles. The summed E-state index contributed by atoms with van der Waals surface area (Å²) < 4.78 is 10.8. The Kier molecular flexibility index (Phi) is 6.06. The van der Waals surface area contributed by atoms with Crippen molar-refractivity contribution in [2.75, 3.05) is 17.7 Å².